The Bertz CT molecular complexity index is 508. The van der Waals surface area contributed by atoms with Crippen molar-refractivity contribution in [2.45, 2.75) is 47.1 Å². The highest BCUT2D eigenvalue weighted by Gasteiger charge is 2.21. The summed E-state index contributed by atoms with van der Waals surface area (Å²) in [5.74, 6) is 1.01. The van der Waals surface area contributed by atoms with Crippen molar-refractivity contribution < 1.29 is 19.4 Å². The number of rotatable bonds is 8. The van der Waals surface area contributed by atoms with Gasteiger partial charge in [0.05, 0.1) is 19.3 Å². The van der Waals surface area contributed by atoms with Crippen LogP contribution < -0.4 is 14.8 Å². The summed E-state index contributed by atoms with van der Waals surface area (Å²) in [7, 11) is 0. The first-order valence-corrected chi connectivity index (χ1v) is 8.15. The molecule has 0 aliphatic heterocycles. The molecule has 5 heteroatoms. The maximum atomic E-state index is 12.2. The summed E-state index contributed by atoms with van der Waals surface area (Å²) in [6.07, 6.45) is 0.0621. The molecule has 2 N–H and O–H groups in total. The summed E-state index contributed by atoms with van der Waals surface area (Å²) in [6, 6.07) is 5.14. The predicted molar refractivity (Wildman–Crippen MR) is 91.2 cm³/mol. The summed E-state index contributed by atoms with van der Waals surface area (Å²) in [6.45, 7) is 11.2. The Kier molecular flexibility index (Phi) is 7.36. The lowest BCUT2D eigenvalue weighted by Gasteiger charge is -2.25. The van der Waals surface area contributed by atoms with Gasteiger partial charge < -0.3 is 19.9 Å². The fraction of sp³-hybridized carbons (Fsp3) is 0.611. The Morgan fingerprint density at radius 1 is 1.17 bits per heavy atom. The maximum Gasteiger partial charge on any atom is 0.251 e. The molecule has 1 amide bonds. The van der Waals surface area contributed by atoms with Gasteiger partial charge in [-0.05, 0) is 43.9 Å². The number of ether oxygens (including phenoxy) is 2. The minimum atomic E-state index is -0.456. The lowest BCUT2D eigenvalue weighted by atomic mass is 9.87. The molecular weight excluding hydrogens is 294 g/mol. The van der Waals surface area contributed by atoms with Crippen molar-refractivity contribution in [2.75, 3.05) is 19.8 Å². The first kappa shape index (κ1) is 19.3. The van der Waals surface area contributed by atoms with Crippen LogP contribution in [0.2, 0.25) is 0 Å². The fourth-order valence-corrected chi connectivity index (χ4v) is 2.05. The van der Waals surface area contributed by atoms with Crippen molar-refractivity contribution in [2.24, 2.45) is 5.41 Å². The van der Waals surface area contributed by atoms with Gasteiger partial charge in [0.1, 0.15) is 0 Å². The quantitative estimate of drug-likeness (QED) is 0.772. The van der Waals surface area contributed by atoms with Crippen LogP contribution in [0, 0.1) is 5.41 Å². The molecule has 0 fully saturated rings. The van der Waals surface area contributed by atoms with E-state index in [4.69, 9.17) is 9.47 Å². The number of hydrogen-bond donors (Lipinski definition) is 2. The highest BCUT2D eigenvalue weighted by Crippen LogP contribution is 2.28. The molecule has 1 aromatic carbocycles. The van der Waals surface area contributed by atoms with E-state index in [1.165, 1.54) is 0 Å². The van der Waals surface area contributed by atoms with Crippen LogP contribution in [0.25, 0.3) is 0 Å². The van der Waals surface area contributed by atoms with E-state index >= 15 is 0 Å². The third-order valence-corrected chi connectivity index (χ3v) is 3.51. The Balaban J connectivity index is 2.67. The van der Waals surface area contributed by atoms with Crippen molar-refractivity contribution in [1.29, 1.82) is 0 Å². The minimum Gasteiger partial charge on any atom is -0.490 e. The van der Waals surface area contributed by atoms with E-state index in [-0.39, 0.29) is 11.3 Å². The summed E-state index contributed by atoms with van der Waals surface area (Å²) >= 11 is 0. The van der Waals surface area contributed by atoms with Gasteiger partial charge in [0.15, 0.2) is 11.5 Å². The molecule has 0 bridgehead atoms. The van der Waals surface area contributed by atoms with Gasteiger partial charge in [-0.2, -0.15) is 0 Å². The van der Waals surface area contributed by atoms with E-state index in [0.29, 0.717) is 43.2 Å². The SMILES string of the molecule is CCOc1ccc(C(=O)NCCC(O)C(C)(C)C)cc1OCC. The summed E-state index contributed by atoms with van der Waals surface area (Å²) in [5.41, 5.74) is 0.327. The molecule has 0 radical (unpaired) electrons. The third-order valence-electron chi connectivity index (χ3n) is 3.51. The number of aliphatic hydroxyl groups excluding tert-OH is 1. The van der Waals surface area contributed by atoms with Gasteiger partial charge in [-0.1, -0.05) is 20.8 Å². The molecule has 0 aliphatic rings. The molecule has 1 rings (SSSR count). The van der Waals surface area contributed by atoms with E-state index in [9.17, 15) is 9.90 Å². The molecule has 23 heavy (non-hydrogen) atoms. The zero-order chi connectivity index (χ0) is 17.5. The van der Waals surface area contributed by atoms with Crippen molar-refractivity contribution in [3.63, 3.8) is 0 Å². The molecule has 5 nitrogen and oxygen atoms in total. The van der Waals surface area contributed by atoms with Crippen LogP contribution in [-0.2, 0) is 0 Å². The highest BCUT2D eigenvalue weighted by molar-refractivity contribution is 5.94. The standard InChI is InChI=1S/C18H29NO4/c1-6-22-14-9-8-13(12-15(14)23-7-2)17(21)19-11-10-16(20)18(3,4)5/h8-9,12,16,20H,6-7,10-11H2,1-5H3,(H,19,21). The van der Waals surface area contributed by atoms with Crippen molar-refractivity contribution in [3.8, 4) is 11.5 Å². The molecule has 0 spiro atoms. The van der Waals surface area contributed by atoms with Gasteiger partial charge in [-0.25, -0.2) is 0 Å². The van der Waals surface area contributed by atoms with Crippen molar-refractivity contribution in [1.82, 2.24) is 5.32 Å². The molecule has 0 heterocycles. The smallest absolute Gasteiger partial charge is 0.251 e. The second-order valence-corrected chi connectivity index (χ2v) is 6.45. The van der Waals surface area contributed by atoms with Crippen LogP contribution in [0.4, 0.5) is 0 Å². The first-order chi connectivity index (χ1) is 10.8. The number of carbonyl (C=O) groups is 1. The van der Waals surface area contributed by atoms with E-state index in [2.05, 4.69) is 5.32 Å². The number of hydrogen-bond acceptors (Lipinski definition) is 4. The lowest BCUT2D eigenvalue weighted by molar-refractivity contribution is 0.0551. The highest BCUT2D eigenvalue weighted by atomic mass is 16.5. The molecule has 0 aromatic heterocycles. The van der Waals surface area contributed by atoms with Gasteiger partial charge >= 0.3 is 0 Å². The molecule has 1 atom stereocenters. The molecular formula is C18H29NO4. The molecule has 0 saturated carbocycles. The monoisotopic (exact) mass is 323 g/mol. The Morgan fingerprint density at radius 2 is 1.78 bits per heavy atom. The van der Waals surface area contributed by atoms with Crippen LogP contribution in [0.3, 0.4) is 0 Å². The molecule has 0 aliphatic carbocycles. The van der Waals surface area contributed by atoms with Crippen LogP contribution >= 0.6 is 0 Å². The van der Waals surface area contributed by atoms with E-state index in [0.717, 1.165) is 0 Å². The average Bonchev–Trinajstić information content (AvgIpc) is 2.48. The van der Waals surface area contributed by atoms with Gasteiger partial charge in [-0.3, -0.25) is 4.79 Å². The molecule has 1 unspecified atom stereocenters. The topological polar surface area (TPSA) is 67.8 Å². The van der Waals surface area contributed by atoms with Gasteiger partial charge in [0, 0.05) is 12.1 Å². The minimum absolute atomic E-state index is 0.185. The Labute approximate surface area is 139 Å². The lowest BCUT2D eigenvalue weighted by Crippen LogP contribution is -2.32. The van der Waals surface area contributed by atoms with Crippen molar-refractivity contribution >= 4 is 5.91 Å². The average molecular weight is 323 g/mol. The number of carbonyl (C=O) groups excluding carboxylic acids is 1. The maximum absolute atomic E-state index is 12.2. The Hall–Kier alpha value is -1.75. The van der Waals surface area contributed by atoms with Gasteiger partial charge in [-0.15, -0.1) is 0 Å². The zero-order valence-corrected chi connectivity index (χ0v) is 14.8. The first-order valence-electron chi connectivity index (χ1n) is 8.15. The number of benzene rings is 1. The van der Waals surface area contributed by atoms with E-state index in [1.54, 1.807) is 18.2 Å². The zero-order valence-electron chi connectivity index (χ0n) is 14.8. The summed E-state index contributed by atoms with van der Waals surface area (Å²) in [5, 5.41) is 12.8. The molecule has 1 aromatic rings. The van der Waals surface area contributed by atoms with Crippen LogP contribution in [0.5, 0.6) is 11.5 Å². The predicted octanol–water partition coefficient (Wildman–Crippen LogP) is 3.01. The summed E-state index contributed by atoms with van der Waals surface area (Å²) < 4.78 is 11.0. The summed E-state index contributed by atoms with van der Waals surface area (Å²) in [4.78, 5) is 12.2. The second-order valence-electron chi connectivity index (χ2n) is 6.45. The van der Waals surface area contributed by atoms with Crippen LogP contribution in [0.1, 0.15) is 51.4 Å². The third kappa shape index (κ3) is 6.10. The fourth-order valence-electron chi connectivity index (χ4n) is 2.05. The van der Waals surface area contributed by atoms with Crippen LogP contribution in [-0.4, -0.2) is 36.9 Å². The van der Waals surface area contributed by atoms with Crippen molar-refractivity contribution in [3.05, 3.63) is 23.8 Å². The largest absolute Gasteiger partial charge is 0.490 e. The second kappa shape index (κ2) is 8.77. The molecule has 0 saturated heterocycles. The van der Waals surface area contributed by atoms with Gasteiger partial charge in [0.25, 0.3) is 5.91 Å². The van der Waals surface area contributed by atoms with E-state index in [1.807, 2.05) is 34.6 Å². The molecule has 130 valence electrons. The van der Waals surface area contributed by atoms with Gasteiger partial charge in [0.2, 0.25) is 0 Å². The van der Waals surface area contributed by atoms with Crippen LogP contribution in [0.15, 0.2) is 18.2 Å². The number of amides is 1. The van der Waals surface area contributed by atoms with E-state index < -0.39 is 6.10 Å². The Morgan fingerprint density at radius 3 is 2.35 bits per heavy atom. The number of nitrogens with one attached hydrogen (secondary N) is 1. The number of aliphatic hydroxyl groups is 1. The normalized spacial score (nSPS) is 12.6.